The van der Waals surface area contributed by atoms with Crippen LogP contribution in [0.3, 0.4) is 0 Å². The van der Waals surface area contributed by atoms with E-state index in [9.17, 15) is 0 Å². The highest BCUT2D eigenvalue weighted by molar-refractivity contribution is 5.52. The van der Waals surface area contributed by atoms with Crippen molar-refractivity contribution in [2.75, 3.05) is 18.0 Å². The van der Waals surface area contributed by atoms with E-state index in [0.29, 0.717) is 11.5 Å². The van der Waals surface area contributed by atoms with Gasteiger partial charge < -0.3 is 10.2 Å². The second-order valence-corrected chi connectivity index (χ2v) is 6.69. The summed E-state index contributed by atoms with van der Waals surface area (Å²) in [5, 5.41) is 3.51. The predicted molar refractivity (Wildman–Crippen MR) is 86.1 cm³/mol. The fourth-order valence-electron chi connectivity index (χ4n) is 2.80. The van der Waals surface area contributed by atoms with Crippen LogP contribution in [0.2, 0.25) is 0 Å². The molecule has 2 rings (SSSR count). The van der Waals surface area contributed by atoms with Gasteiger partial charge in [0.25, 0.3) is 0 Å². The van der Waals surface area contributed by atoms with E-state index < -0.39 is 0 Å². The van der Waals surface area contributed by atoms with Gasteiger partial charge in [0, 0.05) is 31.9 Å². The monoisotopic (exact) mass is 275 g/mol. The Morgan fingerprint density at radius 2 is 2.05 bits per heavy atom. The normalized spacial score (nSPS) is 18.6. The van der Waals surface area contributed by atoms with Crippen molar-refractivity contribution in [2.45, 2.75) is 59.5 Å². The highest BCUT2D eigenvalue weighted by Gasteiger charge is 2.29. The average Bonchev–Trinajstić information content (AvgIpc) is 2.46. The van der Waals surface area contributed by atoms with Gasteiger partial charge in [0.15, 0.2) is 0 Å². The van der Waals surface area contributed by atoms with Crippen LogP contribution in [0.1, 0.15) is 52.5 Å². The molecule has 0 unspecified atom stereocenters. The van der Waals surface area contributed by atoms with Gasteiger partial charge in [-0.15, -0.1) is 0 Å². The highest BCUT2D eigenvalue weighted by atomic mass is 15.1. The molecule has 0 atom stereocenters. The maximum absolute atomic E-state index is 4.33. The number of rotatable bonds is 5. The zero-order chi connectivity index (χ0) is 14.6. The minimum atomic E-state index is 0.515. The Hall–Kier alpha value is -1.09. The van der Waals surface area contributed by atoms with E-state index in [-0.39, 0.29) is 0 Å². The summed E-state index contributed by atoms with van der Waals surface area (Å²) in [6.07, 6.45) is 7.80. The van der Waals surface area contributed by atoms with Gasteiger partial charge >= 0.3 is 0 Å². The smallest absolute Gasteiger partial charge is 0.0598 e. The van der Waals surface area contributed by atoms with E-state index in [0.717, 1.165) is 19.6 Å². The Labute approximate surface area is 123 Å². The Bertz CT molecular complexity index is 420. The molecule has 3 nitrogen and oxygen atoms in total. The minimum Gasteiger partial charge on any atom is -0.370 e. The van der Waals surface area contributed by atoms with Gasteiger partial charge in [-0.3, -0.25) is 4.98 Å². The van der Waals surface area contributed by atoms with E-state index in [1.54, 1.807) is 0 Å². The van der Waals surface area contributed by atoms with Crippen molar-refractivity contribution in [2.24, 2.45) is 5.41 Å². The molecule has 0 aromatic carbocycles. The molecule has 0 saturated carbocycles. The summed E-state index contributed by atoms with van der Waals surface area (Å²) in [6.45, 7) is 12.4. The van der Waals surface area contributed by atoms with Crippen molar-refractivity contribution in [1.29, 1.82) is 0 Å². The SMILES string of the molecule is CCC1(C)CCN(c2cnccc2CNC(C)C)CC1. The molecule has 1 aromatic heterocycles. The first kappa shape index (κ1) is 15.3. The van der Waals surface area contributed by atoms with Crippen molar-refractivity contribution in [3.8, 4) is 0 Å². The quantitative estimate of drug-likeness (QED) is 0.890. The van der Waals surface area contributed by atoms with Gasteiger partial charge in [-0.1, -0.05) is 34.1 Å². The Kier molecular flexibility index (Phi) is 5.03. The summed E-state index contributed by atoms with van der Waals surface area (Å²) < 4.78 is 0. The van der Waals surface area contributed by atoms with Crippen molar-refractivity contribution >= 4 is 5.69 Å². The first-order valence-electron chi connectivity index (χ1n) is 7.95. The number of pyridine rings is 1. The molecule has 112 valence electrons. The average molecular weight is 275 g/mol. The molecule has 3 heteroatoms. The van der Waals surface area contributed by atoms with Gasteiger partial charge in [-0.05, 0) is 29.9 Å². The lowest BCUT2D eigenvalue weighted by Gasteiger charge is -2.40. The van der Waals surface area contributed by atoms with Crippen LogP contribution in [0.25, 0.3) is 0 Å². The molecule has 0 amide bonds. The molecule has 1 N–H and O–H groups in total. The first-order chi connectivity index (χ1) is 9.54. The summed E-state index contributed by atoms with van der Waals surface area (Å²) in [6, 6.07) is 2.67. The standard InChI is InChI=1S/C17H29N3/c1-5-17(4)7-10-20(11-8-17)16-13-18-9-6-15(16)12-19-14(2)3/h6,9,13-14,19H,5,7-8,10-12H2,1-4H3. The topological polar surface area (TPSA) is 28.2 Å². The lowest BCUT2D eigenvalue weighted by molar-refractivity contribution is 0.238. The summed E-state index contributed by atoms with van der Waals surface area (Å²) in [5.74, 6) is 0. The summed E-state index contributed by atoms with van der Waals surface area (Å²) in [4.78, 5) is 6.85. The molecule has 1 aliphatic heterocycles. The fraction of sp³-hybridized carbons (Fsp3) is 0.706. The summed E-state index contributed by atoms with van der Waals surface area (Å²) >= 11 is 0. The maximum Gasteiger partial charge on any atom is 0.0598 e. The van der Waals surface area contributed by atoms with E-state index in [4.69, 9.17) is 0 Å². The van der Waals surface area contributed by atoms with Crippen LogP contribution in [0, 0.1) is 5.41 Å². The zero-order valence-corrected chi connectivity index (χ0v) is 13.4. The Morgan fingerprint density at radius 1 is 1.35 bits per heavy atom. The number of anilines is 1. The number of nitrogens with zero attached hydrogens (tertiary/aromatic N) is 2. The molecular formula is C17H29N3. The van der Waals surface area contributed by atoms with Gasteiger partial charge in [0.05, 0.1) is 11.9 Å². The molecular weight excluding hydrogens is 246 g/mol. The molecule has 20 heavy (non-hydrogen) atoms. The van der Waals surface area contributed by atoms with Crippen molar-refractivity contribution in [3.63, 3.8) is 0 Å². The van der Waals surface area contributed by atoms with E-state index in [2.05, 4.69) is 49.0 Å². The van der Waals surface area contributed by atoms with Crippen LogP contribution in [-0.4, -0.2) is 24.1 Å². The van der Waals surface area contributed by atoms with E-state index in [1.165, 1.54) is 30.5 Å². The predicted octanol–water partition coefficient (Wildman–Crippen LogP) is 3.60. The van der Waals surface area contributed by atoms with E-state index in [1.807, 2.05) is 12.4 Å². The molecule has 1 aromatic rings. The molecule has 0 radical (unpaired) electrons. The van der Waals surface area contributed by atoms with Crippen LogP contribution in [0.15, 0.2) is 18.5 Å². The fourth-order valence-corrected chi connectivity index (χ4v) is 2.80. The van der Waals surface area contributed by atoms with Gasteiger partial charge in [0.1, 0.15) is 0 Å². The third-order valence-electron chi connectivity index (χ3n) is 4.75. The highest BCUT2D eigenvalue weighted by Crippen LogP contribution is 2.36. The van der Waals surface area contributed by atoms with Gasteiger partial charge in [0.2, 0.25) is 0 Å². The summed E-state index contributed by atoms with van der Waals surface area (Å²) in [5.41, 5.74) is 3.22. The number of piperidine rings is 1. The third kappa shape index (κ3) is 3.72. The molecule has 1 fully saturated rings. The molecule has 0 bridgehead atoms. The van der Waals surface area contributed by atoms with Gasteiger partial charge in [-0.25, -0.2) is 0 Å². The Morgan fingerprint density at radius 3 is 2.65 bits per heavy atom. The second-order valence-electron chi connectivity index (χ2n) is 6.69. The van der Waals surface area contributed by atoms with Crippen molar-refractivity contribution in [1.82, 2.24) is 10.3 Å². The first-order valence-corrected chi connectivity index (χ1v) is 7.95. The molecule has 0 spiro atoms. The van der Waals surface area contributed by atoms with Crippen LogP contribution < -0.4 is 10.2 Å². The largest absolute Gasteiger partial charge is 0.370 e. The van der Waals surface area contributed by atoms with Crippen LogP contribution in [0.4, 0.5) is 5.69 Å². The lowest BCUT2D eigenvalue weighted by atomic mass is 9.78. The molecule has 1 aliphatic rings. The van der Waals surface area contributed by atoms with Crippen molar-refractivity contribution < 1.29 is 0 Å². The second kappa shape index (κ2) is 6.57. The van der Waals surface area contributed by atoms with Crippen LogP contribution in [0.5, 0.6) is 0 Å². The Balaban J connectivity index is 2.06. The zero-order valence-electron chi connectivity index (χ0n) is 13.4. The van der Waals surface area contributed by atoms with E-state index >= 15 is 0 Å². The summed E-state index contributed by atoms with van der Waals surface area (Å²) in [7, 11) is 0. The number of aromatic nitrogens is 1. The van der Waals surface area contributed by atoms with Crippen LogP contribution in [-0.2, 0) is 6.54 Å². The molecule has 1 saturated heterocycles. The number of hydrogen-bond donors (Lipinski definition) is 1. The maximum atomic E-state index is 4.33. The molecule has 0 aliphatic carbocycles. The lowest BCUT2D eigenvalue weighted by Crippen LogP contribution is -2.39. The third-order valence-corrected chi connectivity index (χ3v) is 4.75. The molecule has 2 heterocycles. The number of hydrogen-bond acceptors (Lipinski definition) is 3. The minimum absolute atomic E-state index is 0.515. The van der Waals surface area contributed by atoms with Gasteiger partial charge in [-0.2, -0.15) is 0 Å². The number of nitrogens with one attached hydrogen (secondary N) is 1. The van der Waals surface area contributed by atoms with Crippen molar-refractivity contribution in [3.05, 3.63) is 24.0 Å². The van der Waals surface area contributed by atoms with Crippen LogP contribution >= 0.6 is 0 Å².